The second kappa shape index (κ2) is 9.63. The molecule has 1 aromatic carbocycles. The lowest BCUT2D eigenvalue weighted by Gasteiger charge is -2.09. The molecule has 0 saturated carbocycles. The number of esters is 1. The average Bonchev–Trinajstić information content (AvgIpc) is 3.43. The number of aromatic nitrogens is 3. The summed E-state index contributed by atoms with van der Waals surface area (Å²) in [5, 5.41) is 20.2. The predicted molar refractivity (Wildman–Crippen MR) is 126 cm³/mol. The van der Waals surface area contributed by atoms with E-state index in [0.717, 1.165) is 11.3 Å². The first-order valence-corrected chi connectivity index (χ1v) is 11.1. The number of carbonyl (C=O) groups excluding carboxylic acids is 2. The number of non-ortho nitro benzene ring substituents is 1. The van der Waals surface area contributed by atoms with Gasteiger partial charge in [0.2, 0.25) is 0 Å². The maximum absolute atomic E-state index is 13.1. The Morgan fingerprint density at radius 3 is 2.76 bits per heavy atom. The maximum Gasteiger partial charge on any atom is 0.341 e. The molecular formula is C23H19N5O5S. The molecule has 0 bridgehead atoms. The van der Waals surface area contributed by atoms with E-state index < -0.39 is 16.8 Å². The van der Waals surface area contributed by atoms with Crippen molar-refractivity contribution in [2.75, 3.05) is 11.9 Å². The van der Waals surface area contributed by atoms with Gasteiger partial charge < -0.3 is 10.1 Å². The molecule has 0 fully saturated rings. The zero-order chi connectivity index (χ0) is 24.2. The Balaban J connectivity index is 1.70. The molecule has 0 aliphatic heterocycles. The Morgan fingerprint density at radius 2 is 2.06 bits per heavy atom. The van der Waals surface area contributed by atoms with Gasteiger partial charge in [0.25, 0.3) is 11.6 Å². The number of nitrogens with zero attached hydrogens (tertiary/aromatic N) is 4. The molecule has 0 radical (unpaired) electrons. The number of anilines is 1. The van der Waals surface area contributed by atoms with E-state index in [9.17, 15) is 19.7 Å². The van der Waals surface area contributed by atoms with E-state index in [4.69, 9.17) is 4.74 Å². The number of hydrogen-bond donors (Lipinski definition) is 1. The standard InChI is InChI=1S/C23H19N5O5S/c1-3-33-23(30)20-18(15-7-6-8-16(11-15)28(31)32)13-34-22(20)26-21(29)17-12-25-27(14(17)2)19-9-4-5-10-24-19/h4-13H,3H2,1-2H3,(H,26,29). The molecule has 172 valence electrons. The van der Waals surface area contributed by atoms with Crippen LogP contribution in [0.2, 0.25) is 0 Å². The SMILES string of the molecule is CCOC(=O)c1c(-c2cccc([N+](=O)[O-])c2)csc1NC(=O)c1cnn(-c2ccccn2)c1C. The van der Waals surface area contributed by atoms with Crippen LogP contribution in [0.5, 0.6) is 0 Å². The number of amides is 1. The summed E-state index contributed by atoms with van der Waals surface area (Å²) < 4.78 is 6.74. The van der Waals surface area contributed by atoms with E-state index in [1.54, 1.807) is 48.3 Å². The van der Waals surface area contributed by atoms with Crippen molar-refractivity contribution in [3.63, 3.8) is 0 Å². The van der Waals surface area contributed by atoms with Gasteiger partial charge in [-0.15, -0.1) is 11.3 Å². The number of rotatable bonds is 7. The van der Waals surface area contributed by atoms with Crippen LogP contribution in [0.3, 0.4) is 0 Å². The molecule has 3 heterocycles. The third-order valence-electron chi connectivity index (χ3n) is 4.99. The third kappa shape index (κ3) is 4.41. The molecule has 0 saturated heterocycles. The van der Waals surface area contributed by atoms with Gasteiger partial charge in [0.05, 0.1) is 29.0 Å². The fourth-order valence-electron chi connectivity index (χ4n) is 3.37. The van der Waals surface area contributed by atoms with Gasteiger partial charge in [-0.05, 0) is 31.5 Å². The van der Waals surface area contributed by atoms with Gasteiger partial charge in [0.15, 0.2) is 5.82 Å². The van der Waals surface area contributed by atoms with Gasteiger partial charge >= 0.3 is 5.97 Å². The van der Waals surface area contributed by atoms with Gasteiger partial charge in [-0.1, -0.05) is 18.2 Å². The topological polar surface area (TPSA) is 129 Å². The van der Waals surface area contributed by atoms with Crippen molar-refractivity contribution in [1.29, 1.82) is 0 Å². The summed E-state index contributed by atoms with van der Waals surface area (Å²) in [6.07, 6.45) is 3.06. The van der Waals surface area contributed by atoms with E-state index in [0.29, 0.717) is 28.2 Å². The first-order chi connectivity index (χ1) is 16.4. The van der Waals surface area contributed by atoms with Crippen molar-refractivity contribution in [1.82, 2.24) is 14.8 Å². The highest BCUT2D eigenvalue weighted by Crippen LogP contribution is 2.37. The van der Waals surface area contributed by atoms with E-state index in [1.165, 1.54) is 24.4 Å². The summed E-state index contributed by atoms with van der Waals surface area (Å²) in [7, 11) is 0. The summed E-state index contributed by atoms with van der Waals surface area (Å²) in [5.74, 6) is -0.533. The number of ether oxygens (including phenoxy) is 1. The molecule has 1 N–H and O–H groups in total. The Hall–Kier alpha value is -4.38. The summed E-state index contributed by atoms with van der Waals surface area (Å²) in [6, 6.07) is 11.3. The van der Waals surface area contributed by atoms with E-state index in [-0.39, 0.29) is 22.9 Å². The number of hydrogen-bond acceptors (Lipinski definition) is 8. The summed E-state index contributed by atoms with van der Waals surface area (Å²) in [6.45, 7) is 3.54. The van der Waals surface area contributed by atoms with Crippen molar-refractivity contribution in [3.8, 4) is 16.9 Å². The Morgan fingerprint density at radius 1 is 1.24 bits per heavy atom. The minimum atomic E-state index is -0.638. The quantitative estimate of drug-likeness (QED) is 0.233. The Labute approximate surface area is 198 Å². The van der Waals surface area contributed by atoms with Crippen LogP contribution in [-0.2, 0) is 4.74 Å². The predicted octanol–water partition coefficient (Wildman–Crippen LogP) is 4.64. The second-order valence-corrected chi connectivity index (χ2v) is 7.96. The maximum atomic E-state index is 13.1. The summed E-state index contributed by atoms with van der Waals surface area (Å²) in [5.41, 5.74) is 1.81. The lowest BCUT2D eigenvalue weighted by atomic mass is 10.0. The highest BCUT2D eigenvalue weighted by molar-refractivity contribution is 7.15. The van der Waals surface area contributed by atoms with Crippen LogP contribution in [0.15, 0.2) is 60.2 Å². The number of thiophene rings is 1. The Kier molecular flexibility index (Phi) is 6.46. The molecule has 0 atom stereocenters. The molecule has 3 aromatic heterocycles. The molecule has 1 amide bonds. The first kappa shape index (κ1) is 22.8. The molecule has 0 unspecified atom stereocenters. The monoisotopic (exact) mass is 477 g/mol. The zero-order valence-electron chi connectivity index (χ0n) is 18.2. The van der Waals surface area contributed by atoms with E-state index in [1.807, 2.05) is 6.07 Å². The van der Waals surface area contributed by atoms with Crippen molar-refractivity contribution in [2.24, 2.45) is 0 Å². The van der Waals surface area contributed by atoms with Crippen molar-refractivity contribution >= 4 is 33.9 Å². The number of benzene rings is 1. The summed E-state index contributed by atoms with van der Waals surface area (Å²) in [4.78, 5) is 40.8. The first-order valence-electron chi connectivity index (χ1n) is 10.2. The van der Waals surface area contributed by atoms with Gasteiger partial charge in [-0.3, -0.25) is 14.9 Å². The van der Waals surface area contributed by atoms with Crippen LogP contribution in [-0.4, -0.2) is 38.2 Å². The number of pyridine rings is 1. The van der Waals surface area contributed by atoms with Crippen LogP contribution in [0, 0.1) is 17.0 Å². The van der Waals surface area contributed by atoms with Crippen LogP contribution in [0.4, 0.5) is 10.7 Å². The summed E-state index contributed by atoms with van der Waals surface area (Å²) >= 11 is 1.13. The molecule has 34 heavy (non-hydrogen) atoms. The number of nitro groups is 1. The van der Waals surface area contributed by atoms with Crippen molar-refractivity contribution in [2.45, 2.75) is 13.8 Å². The minimum absolute atomic E-state index is 0.110. The smallest absolute Gasteiger partial charge is 0.341 e. The average molecular weight is 478 g/mol. The van der Waals surface area contributed by atoms with Gasteiger partial charge in [0, 0.05) is 29.3 Å². The number of nitro benzene ring substituents is 1. The highest BCUT2D eigenvalue weighted by Gasteiger charge is 2.25. The van der Waals surface area contributed by atoms with Crippen LogP contribution >= 0.6 is 11.3 Å². The van der Waals surface area contributed by atoms with E-state index in [2.05, 4.69) is 15.4 Å². The second-order valence-electron chi connectivity index (χ2n) is 7.08. The molecule has 0 aliphatic carbocycles. The lowest BCUT2D eigenvalue weighted by Crippen LogP contribution is -2.15. The van der Waals surface area contributed by atoms with Crippen LogP contribution in [0.25, 0.3) is 16.9 Å². The zero-order valence-corrected chi connectivity index (χ0v) is 19.0. The van der Waals surface area contributed by atoms with E-state index >= 15 is 0 Å². The molecule has 0 aliphatic rings. The Bertz CT molecular complexity index is 1380. The lowest BCUT2D eigenvalue weighted by molar-refractivity contribution is -0.384. The fourth-order valence-corrected chi connectivity index (χ4v) is 4.32. The third-order valence-corrected chi connectivity index (χ3v) is 5.88. The minimum Gasteiger partial charge on any atom is -0.462 e. The van der Waals surface area contributed by atoms with Gasteiger partial charge in [-0.25, -0.2) is 14.5 Å². The normalized spacial score (nSPS) is 10.6. The molecule has 11 heteroatoms. The van der Waals surface area contributed by atoms with Gasteiger partial charge in [0.1, 0.15) is 10.6 Å². The van der Waals surface area contributed by atoms with Crippen LogP contribution in [0.1, 0.15) is 33.3 Å². The van der Waals surface area contributed by atoms with Crippen molar-refractivity contribution in [3.05, 3.63) is 87.2 Å². The molecule has 10 nitrogen and oxygen atoms in total. The fraction of sp³-hybridized carbons (Fsp3) is 0.130. The number of nitrogens with one attached hydrogen (secondary N) is 1. The largest absolute Gasteiger partial charge is 0.462 e. The molecule has 4 aromatic rings. The molecule has 0 spiro atoms. The van der Waals surface area contributed by atoms with Crippen LogP contribution < -0.4 is 5.32 Å². The van der Waals surface area contributed by atoms with Gasteiger partial charge in [-0.2, -0.15) is 5.10 Å². The number of carbonyl (C=O) groups is 2. The highest BCUT2D eigenvalue weighted by atomic mass is 32.1. The molecular weight excluding hydrogens is 458 g/mol. The van der Waals surface area contributed by atoms with Crippen molar-refractivity contribution < 1.29 is 19.2 Å². The molecule has 4 rings (SSSR count).